The highest BCUT2D eigenvalue weighted by atomic mass is 32.1. The summed E-state index contributed by atoms with van der Waals surface area (Å²) in [5.41, 5.74) is 0. The Labute approximate surface area is 115 Å². The van der Waals surface area contributed by atoms with E-state index in [4.69, 9.17) is 12.2 Å². The maximum Gasteiger partial charge on any atom is 0.195 e. The molecule has 0 radical (unpaired) electrons. The molecule has 0 bridgehead atoms. The smallest absolute Gasteiger partial charge is 0.195 e. The third-order valence-corrected chi connectivity index (χ3v) is 3.64. The molecule has 0 aliphatic heterocycles. The Morgan fingerprint density at radius 3 is 2.50 bits per heavy atom. The summed E-state index contributed by atoms with van der Waals surface area (Å²) in [6.07, 6.45) is 2.34. The second-order valence-electron chi connectivity index (χ2n) is 5.47. The van der Waals surface area contributed by atoms with Crippen molar-refractivity contribution in [3.8, 4) is 0 Å². The summed E-state index contributed by atoms with van der Waals surface area (Å²) in [7, 11) is 2.17. The van der Waals surface area contributed by atoms with Crippen molar-refractivity contribution in [2.75, 3.05) is 13.6 Å². The lowest BCUT2D eigenvalue weighted by atomic mass is 10.2. The third kappa shape index (κ3) is 4.21. The lowest BCUT2D eigenvalue weighted by Gasteiger charge is -2.20. The SMILES string of the molecule is CC(C)c1n[nH]c(=S)n1CCCCN(C)C(C)C. The number of aromatic nitrogens is 3. The van der Waals surface area contributed by atoms with Crippen LogP contribution in [0.2, 0.25) is 0 Å². The van der Waals surface area contributed by atoms with Crippen molar-refractivity contribution < 1.29 is 0 Å². The third-order valence-electron chi connectivity index (χ3n) is 3.33. The lowest BCUT2D eigenvalue weighted by Crippen LogP contribution is -2.27. The van der Waals surface area contributed by atoms with Gasteiger partial charge in [-0.3, -0.25) is 5.10 Å². The van der Waals surface area contributed by atoms with Crippen LogP contribution in [0, 0.1) is 4.77 Å². The van der Waals surface area contributed by atoms with Crippen LogP contribution in [-0.2, 0) is 6.54 Å². The first-order valence-corrected chi connectivity index (χ1v) is 7.19. The molecule has 0 aromatic carbocycles. The van der Waals surface area contributed by atoms with E-state index in [2.05, 4.69) is 54.4 Å². The predicted molar refractivity (Wildman–Crippen MR) is 78.5 cm³/mol. The molecular formula is C13H26N4S. The van der Waals surface area contributed by atoms with E-state index in [1.807, 2.05) is 0 Å². The molecule has 0 fully saturated rings. The van der Waals surface area contributed by atoms with E-state index in [-0.39, 0.29) is 0 Å². The van der Waals surface area contributed by atoms with E-state index < -0.39 is 0 Å². The molecule has 1 N–H and O–H groups in total. The van der Waals surface area contributed by atoms with Gasteiger partial charge in [-0.1, -0.05) is 13.8 Å². The molecular weight excluding hydrogens is 244 g/mol. The van der Waals surface area contributed by atoms with Crippen molar-refractivity contribution in [2.24, 2.45) is 0 Å². The van der Waals surface area contributed by atoms with Gasteiger partial charge < -0.3 is 9.47 Å². The Morgan fingerprint density at radius 1 is 1.28 bits per heavy atom. The summed E-state index contributed by atoms with van der Waals surface area (Å²) in [5, 5.41) is 7.18. The Hall–Kier alpha value is -0.680. The highest BCUT2D eigenvalue weighted by Gasteiger charge is 2.09. The molecule has 1 rings (SSSR count). The Morgan fingerprint density at radius 2 is 1.94 bits per heavy atom. The average Bonchev–Trinajstić information content (AvgIpc) is 2.66. The molecule has 0 spiro atoms. The fraction of sp³-hybridized carbons (Fsp3) is 0.846. The van der Waals surface area contributed by atoms with Gasteiger partial charge >= 0.3 is 0 Å². The number of rotatable bonds is 7. The molecule has 0 aliphatic rings. The molecule has 0 atom stereocenters. The number of nitrogens with zero attached hydrogens (tertiary/aromatic N) is 3. The molecule has 104 valence electrons. The minimum Gasteiger partial charge on any atom is -0.304 e. The van der Waals surface area contributed by atoms with Crippen LogP contribution in [-0.4, -0.2) is 39.3 Å². The highest BCUT2D eigenvalue weighted by Crippen LogP contribution is 2.12. The number of unbranched alkanes of at least 4 members (excludes halogenated alkanes) is 1. The Bertz CT molecular complexity index is 405. The minimum atomic E-state index is 0.413. The van der Waals surface area contributed by atoms with Gasteiger partial charge in [0, 0.05) is 18.5 Å². The maximum absolute atomic E-state index is 5.27. The van der Waals surface area contributed by atoms with Crippen molar-refractivity contribution in [1.82, 2.24) is 19.7 Å². The normalized spacial score (nSPS) is 12.0. The fourth-order valence-electron chi connectivity index (χ4n) is 1.88. The number of aromatic amines is 1. The van der Waals surface area contributed by atoms with Crippen molar-refractivity contribution in [3.63, 3.8) is 0 Å². The van der Waals surface area contributed by atoms with E-state index in [0.717, 1.165) is 30.1 Å². The van der Waals surface area contributed by atoms with E-state index in [1.165, 1.54) is 6.42 Å². The van der Waals surface area contributed by atoms with Gasteiger partial charge in [-0.05, 0) is 52.5 Å². The summed E-state index contributed by atoms with van der Waals surface area (Å²) in [6.45, 7) is 10.8. The number of H-pyrrole nitrogens is 1. The van der Waals surface area contributed by atoms with Crippen LogP contribution in [0.1, 0.15) is 52.3 Å². The van der Waals surface area contributed by atoms with Crippen LogP contribution in [0.15, 0.2) is 0 Å². The standard InChI is InChI=1S/C13H26N4S/c1-10(2)12-14-15-13(18)17(12)9-7-6-8-16(5)11(3)4/h10-11H,6-9H2,1-5H3,(H,15,18). The fourth-order valence-corrected chi connectivity index (χ4v) is 2.11. The Kier molecular flexibility index (Phi) is 6.02. The van der Waals surface area contributed by atoms with Crippen LogP contribution in [0.4, 0.5) is 0 Å². The van der Waals surface area contributed by atoms with Gasteiger partial charge in [0.15, 0.2) is 4.77 Å². The first-order valence-electron chi connectivity index (χ1n) is 6.78. The maximum atomic E-state index is 5.27. The molecule has 1 aromatic heterocycles. The number of nitrogens with one attached hydrogen (secondary N) is 1. The molecule has 1 heterocycles. The Balaban J connectivity index is 2.44. The quantitative estimate of drug-likeness (QED) is 0.611. The van der Waals surface area contributed by atoms with E-state index in [0.29, 0.717) is 12.0 Å². The molecule has 0 unspecified atom stereocenters. The van der Waals surface area contributed by atoms with Gasteiger partial charge in [0.1, 0.15) is 5.82 Å². The van der Waals surface area contributed by atoms with E-state index >= 15 is 0 Å². The van der Waals surface area contributed by atoms with Crippen molar-refractivity contribution >= 4 is 12.2 Å². The zero-order chi connectivity index (χ0) is 13.7. The lowest BCUT2D eigenvalue weighted by molar-refractivity contribution is 0.266. The van der Waals surface area contributed by atoms with Crippen LogP contribution >= 0.6 is 12.2 Å². The van der Waals surface area contributed by atoms with Crippen molar-refractivity contribution in [2.45, 2.75) is 59.0 Å². The molecule has 18 heavy (non-hydrogen) atoms. The van der Waals surface area contributed by atoms with Crippen LogP contribution in [0.5, 0.6) is 0 Å². The van der Waals surface area contributed by atoms with Gasteiger partial charge in [-0.15, -0.1) is 0 Å². The minimum absolute atomic E-state index is 0.413. The first-order chi connectivity index (χ1) is 8.43. The summed E-state index contributed by atoms with van der Waals surface area (Å²) in [5.74, 6) is 1.48. The number of hydrogen-bond donors (Lipinski definition) is 1. The van der Waals surface area contributed by atoms with Gasteiger partial charge in [-0.2, -0.15) is 5.10 Å². The molecule has 0 saturated heterocycles. The van der Waals surface area contributed by atoms with Crippen molar-refractivity contribution in [1.29, 1.82) is 0 Å². The van der Waals surface area contributed by atoms with E-state index in [1.54, 1.807) is 0 Å². The summed E-state index contributed by atoms with van der Waals surface area (Å²) in [4.78, 5) is 2.37. The monoisotopic (exact) mass is 270 g/mol. The summed E-state index contributed by atoms with van der Waals surface area (Å²) in [6, 6.07) is 0.618. The zero-order valence-electron chi connectivity index (χ0n) is 12.2. The molecule has 1 aromatic rings. The predicted octanol–water partition coefficient (Wildman–Crippen LogP) is 3.18. The van der Waals surface area contributed by atoms with Crippen LogP contribution in [0.25, 0.3) is 0 Å². The van der Waals surface area contributed by atoms with Crippen molar-refractivity contribution in [3.05, 3.63) is 10.6 Å². The molecule has 4 nitrogen and oxygen atoms in total. The van der Waals surface area contributed by atoms with Gasteiger partial charge in [0.25, 0.3) is 0 Å². The van der Waals surface area contributed by atoms with Gasteiger partial charge in [0.2, 0.25) is 0 Å². The summed E-state index contributed by atoms with van der Waals surface area (Å²) < 4.78 is 2.88. The highest BCUT2D eigenvalue weighted by molar-refractivity contribution is 7.71. The van der Waals surface area contributed by atoms with Gasteiger partial charge in [-0.25, -0.2) is 0 Å². The second-order valence-corrected chi connectivity index (χ2v) is 5.86. The molecule has 0 saturated carbocycles. The average molecular weight is 270 g/mol. The first kappa shape index (κ1) is 15.4. The zero-order valence-corrected chi connectivity index (χ0v) is 13.0. The van der Waals surface area contributed by atoms with E-state index in [9.17, 15) is 0 Å². The second kappa shape index (κ2) is 7.04. The van der Waals surface area contributed by atoms with Crippen LogP contribution < -0.4 is 0 Å². The van der Waals surface area contributed by atoms with Crippen LogP contribution in [0.3, 0.4) is 0 Å². The molecule has 0 aliphatic carbocycles. The summed E-state index contributed by atoms with van der Waals surface area (Å²) >= 11 is 5.27. The molecule has 0 amide bonds. The molecule has 5 heteroatoms. The van der Waals surface area contributed by atoms with Gasteiger partial charge in [0.05, 0.1) is 0 Å². The number of hydrogen-bond acceptors (Lipinski definition) is 3. The topological polar surface area (TPSA) is 36.9 Å². The largest absolute Gasteiger partial charge is 0.304 e.